The van der Waals surface area contributed by atoms with E-state index in [1.807, 2.05) is 78.0 Å². The average Bonchev–Trinajstić information content (AvgIpc) is 3.22. The first-order valence-electron chi connectivity index (χ1n) is 9.94. The second-order valence-corrected chi connectivity index (χ2v) is 6.95. The molecule has 29 heavy (non-hydrogen) atoms. The lowest BCUT2D eigenvalue weighted by molar-refractivity contribution is 0.207. The van der Waals surface area contributed by atoms with E-state index in [0.717, 1.165) is 35.5 Å². The number of nitrogens with one attached hydrogen (secondary N) is 1. The van der Waals surface area contributed by atoms with Crippen LogP contribution in [-0.4, -0.2) is 33.6 Å². The molecule has 1 heterocycles. The Bertz CT molecular complexity index is 892. The maximum absolute atomic E-state index is 13.0. The molecule has 0 spiro atoms. The highest BCUT2D eigenvalue weighted by Gasteiger charge is 2.14. The number of aryl methyl sites for hydroxylation is 2. The van der Waals surface area contributed by atoms with Crippen LogP contribution in [0.15, 0.2) is 67.3 Å². The van der Waals surface area contributed by atoms with Gasteiger partial charge in [0.25, 0.3) is 0 Å². The van der Waals surface area contributed by atoms with Gasteiger partial charge in [-0.1, -0.05) is 24.3 Å². The van der Waals surface area contributed by atoms with Gasteiger partial charge in [0.1, 0.15) is 5.75 Å². The number of urea groups is 1. The van der Waals surface area contributed by atoms with Gasteiger partial charge in [0, 0.05) is 37.7 Å². The number of hydrogen-bond acceptors (Lipinski definition) is 3. The third-order valence-corrected chi connectivity index (χ3v) is 4.57. The number of nitrogens with zero attached hydrogens (tertiary/aromatic N) is 3. The Labute approximate surface area is 172 Å². The van der Waals surface area contributed by atoms with Crippen molar-refractivity contribution in [1.29, 1.82) is 0 Å². The first-order chi connectivity index (χ1) is 14.1. The van der Waals surface area contributed by atoms with Crippen molar-refractivity contribution >= 4 is 11.7 Å². The molecule has 152 valence electrons. The molecule has 2 amide bonds. The van der Waals surface area contributed by atoms with E-state index in [9.17, 15) is 4.79 Å². The van der Waals surface area contributed by atoms with Crippen LogP contribution in [0.3, 0.4) is 0 Å². The lowest BCUT2D eigenvalue weighted by atomic mass is 10.2. The van der Waals surface area contributed by atoms with Crippen LogP contribution in [0.2, 0.25) is 0 Å². The molecule has 0 atom stereocenters. The summed E-state index contributed by atoms with van der Waals surface area (Å²) in [6.07, 6.45) is 6.34. The second-order valence-electron chi connectivity index (χ2n) is 6.95. The number of carbonyl (C=O) groups is 1. The van der Waals surface area contributed by atoms with Crippen molar-refractivity contribution in [2.24, 2.45) is 0 Å². The summed E-state index contributed by atoms with van der Waals surface area (Å²) in [6, 6.07) is 15.6. The Morgan fingerprint density at radius 1 is 1.21 bits per heavy atom. The number of benzene rings is 2. The van der Waals surface area contributed by atoms with Gasteiger partial charge in [0.2, 0.25) is 0 Å². The summed E-state index contributed by atoms with van der Waals surface area (Å²) in [7, 11) is 0. The minimum Gasteiger partial charge on any atom is -0.494 e. The monoisotopic (exact) mass is 392 g/mol. The number of rotatable bonds is 9. The van der Waals surface area contributed by atoms with Gasteiger partial charge < -0.3 is 19.5 Å². The molecule has 0 aliphatic rings. The number of ether oxygens (including phenoxy) is 1. The average molecular weight is 393 g/mol. The second kappa shape index (κ2) is 10.3. The van der Waals surface area contributed by atoms with E-state index in [1.165, 1.54) is 0 Å². The third-order valence-electron chi connectivity index (χ3n) is 4.57. The van der Waals surface area contributed by atoms with Crippen LogP contribution in [0.5, 0.6) is 5.75 Å². The predicted octanol–water partition coefficient (Wildman–Crippen LogP) is 4.71. The highest BCUT2D eigenvalue weighted by atomic mass is 16.5. The molecule has 3 rings (SSSR count). The Hall–Kier alpha value is -3.28. The summed E-state index contributed by atoms with van der Waals surface area (Å²) in [6.45, 7) is 6.61. The number of anilines is 1. The van der Waals surface area contributed by atoms with Crippen molar-refractivity contribution < 1.29 is 9.53 Å². The van der Waals surface area contributed by atoms with E-state index in [0.29, 0.717) is 19.7 Å². The number of carbonyl (C=O) groups excluding carboxylic acids is 1. The minimum absolute atomic E-state index is 0.102. The molecule has 0 saturated carbocycles. The van der Waals surface area contributed by atoms with Crippen LogP contribution in [-0.2, 0) is 13.1 Å². The number of amides is 2. The van der Waals surface area contributed by atoms with E-state index >= 15 is 0 Å². The zero-order valence-corrected chi connectivity index (χ0v) is 17.0. The number of aromatic nitrogens is 2. The van der Waals surface area contributed by atoms with Gasteiger partial charge in [0.05, 0.1) is 12.9 Å². The van der Waals surface area contributed by atoms with Gasteiger partial charge in [-0.2, -0.15) is 0 Å². The van der Waals surface area contributed by atoms with Gasteiger partial charge >= 0.3 is 6.03 Å². The van der Waals surface area contributed by atoms with Gasteiger partial charge in [-0.3, -0.25) is 0 Å². The lowest BCUT2D eigenvalue weighted by Crippen LogP contribution is -2.35. The van der Waals surface area contributed by atoms with Crippen molar-refractivity contribution in [2.75, 3.05) is 18.5 Å². The maximum atomic E-state index is 13.0. The van der Waals surface area contributed by atoms with Gasteiger partial charge in [-0.25, -0.2) is 9.78 Å². The fraction of sp³-hybridized carbons (Fsp3) is 0.304. The zero-order chi connectivity index (χ0) is 20.5. The molecule has 0 aliphatic heterocycles. The molecular formula is C23H28N4O2. The molecule has 0 fully saturated rings. The summed E-state index contributed by atoms with van der Waals surface area (Å²) in [5.41, 5.74) is 2.98. The Morgan fingerprint density at radius 2 is 2.03 bits per heavy atom. The molecule has 6 nitrogen and oxygen atoms in total. The standard InChI is InChI=1S/C23H28N4O2/c1-3-29-22-10-8-20(9-11-22)17-27(14-5-13-26-15-12-24-18-26)23(28)25-21-7-4-6-19(2)16-21/h4,6-12,15-16,18H,3,5,13-14,17H2,1-2H3,(H,25,28). The largest absolute Gasteiger partial charge is 0.494 e. The summed E-state index contributed by atoms with van der Waals surface area (Å²) in [5, 5.41) is 3.02. The van der Waals surface area contributed by atoms with Crippen molar-refractivity contribution in [3.05, 3.63) is 78.4 Å². The fourth-order valence-corrected chi connectivity index (χ4v) is 3.12. The topological polar surface area (TPSA) is 59.4 Å². The van der Waals surface area contributed by atoms with Crippen molar-refractivity contribution in [1.82, 2.24) is 14.5 Å². The van der Waals surface area contributed by atoms with E-state index in [4.69, 9.17) is 4.74 Å². The first-order valence-corrected chi connectivity index (χ1v) is 9.94. The molecule has 2 aromatic carbocycles. The van der Waals surface area contributed by atoms with Crippen LogP contribution in [0.4, 0.5) is 10.5 Å². The third kappa shape index (κ3) is 6.38. The zero-order valence-electron chi connectivity index (χ0n) is 17.0. The van der Waals surface area contributed by atoms with Crippen LogP contribution in [0.1, 0.15) is 24.5 Å². The highest BCUT2D eigenvalue weighted by Crippen LogP contribution is 2.16. The smallest absolute Gasteiger partial charge is 0.322 e. The van der Waals surface area contributed by atoms with Crippen LogP contribution in [0.25, 0.3) is 0 Å². The van der Waals surface area contributed by atoms with E-state index in [-0.39, 0.29) is 6.03 Å². The molecule has 0 radical (unpaired) electrons. The maximum Gasteiger partial charge on any atom is 0.322 e. The summed E-state index contributed by atoms with van der Waals surface area (Å²) in [5.74, 6) is 0.840. The SMILES string of the molecule is CCOc1ccc(CN(CCCn2ccnc2)C(=O)Nc2cccc(C)c2)cc1. The molecule has 0 aliphatic carbocycles. The predicted molar refractivity (Wildman–Crippen MR) is 115 cm³/mol. The Kier molecular flexibility index (Phi) is 7.28. The quantitative estimate of drug-likeness (QED) is 0.573. The lowest BCUT2D eigenvalue weighted by Gasteiger charge is -2.24. The van der Waals surface area contributed by atoms with Gasteiger partial charge in [-0.05, 0) is 55.7 Å². The molecule has 1 N–H and O–H groups in total. The molecule has 6 heteroatoms. The highest BCUT2D eigenvalue weighted by molar-refractivity contribution is 5.89. The summed E-state index contributed by atoms with van der Waals surface area (Å²) >= 11 is 0. The van der Waals surface area contributed by atoms with Crippen molar-refractivity contribution in [3.63, 3.8) is 0 Å². The molecule has 0 unspecified atom stereocenters. The van der Waals surface area contributed by atoms with E-state index in [1.54, 1.807) is 12.5 Å². The molecule has 1 aromatic heterocycles. The normalized spacial score (nSPS) is 10.6. The minimum atomic E-state index is -0.102. The summed E-state index contributed by atoms with van der Waals surface area (Å²) < 4.78 is 7.53. The van der Waals surface area contributed by atoms with E-state index < -0.39 is 0 Å². The van der Waals surface area contributed by atoms with E-state index in [2.05, 4.69) is 10.3 Å². The fourth-order valence-electron chi connectivity index (χ4n) is 3.12. The molecular weight excluding hydrogens is 364 g/mol. The summed E-state index contributed by atoms with van der Waals surface area (Å²) in [4.78, 5) is 18.9. The van der Waals surface area contributed by atoms with Crippen LogP contribution in [0, 0.1) is 6.92 Å². The molecule has 3 aromatic rings. The Balaban J connectivity index is 1.66. The van der Waals surface area contributed by atoms with Gasteiger partial charge in [0.15, 0.2) is 0 Å². The van der Waals surface area contributed by atoms with Gasteiger partial charge in [-0.15, -0.1) is 0 Å². The Morgan fingerprint density at radius 3 is 2.72 bits per heavy atom. The first kappa shape index (κ1) is 20.5. The molecule has 0 bridgehead atoms. The van der Waals surface area contributed by atoms with Crippen LogP contribution >= 0.6 is 0 Å². The van der Waals surface area contributed by atoms with Crippen LogP contribution < -0.4 is 10.1 Å². The number of hydrogen-bond donors (Lipinski definition) is 1. The number of imidazole rings is 1. The van der Waals surface area contributed by atoms with Crippen molar-refractivity contribution in [3.8, 4) is 5.75 Å². The molecule has 0 saturated heterocycles. The van der Waals surface area contributed by atoms with Crippen molar-refractivity contribution in [2.45, 2.75) is 33.4 Å².